The Morgan fingerprint density at radius 2 is 1.89 bits per heavy atom. The van der Waals surface area contributed by atoms with E-state index >= 15 is 0 Å². The first-order valence-corrected chi connectivity index (χ1v) is 10.1. The number of benzene rings is 2. The predicted octanol–water partition coefficient (Wildman–Crippen LogP) is 4.32. The first-order chi connectivity index (χ1) is 13.3. The first-order valence-electron chi connectivity index (χ1n) is 8.87. The van der Waals surface area contributed by atoms with Gasteiger partial charge in [0.25, 0.3) is 0 Å². The highest BCUT2D eigenvalue weighted by Crippen LogP contribution is 2.36. The molecule has 28 heavy (non-hydrogen) atoms. The molecule has 0 aliphatic heterocycles. The molecule has 2 rings (SSSR count). The number of anilines is 1. The summed E-state index contributed by atoms with van der Waals surface area (Å²) < 4.78 is 55.2. The molecule has 0 bridgehead atoms. The highest BCUT2D eigenvalue weighted by atomic mass is 32.2. The van der Waals surface area contributed by atoms with Gasteiger partial charge in [0.15, 0.2) is 5.75 Å². The maximum Gasteiger partial charge on any atom is 0.401 e. The maximum absolute atomic E-state index is 12.4. The molecule has 2 aromatic carbocycles. The van der Waals surface area contributed by atoms with Gasteiger partial charge in [-0.05, 0) is 36.2 Å². The molecule has 4 N–H and O–H groups in total. The van der Waals surface area contributed by atoms with E-state index in [0.717, 1.165) is 12.8 Å². The molecule has 2 aromatic rings. The van der Waals surface area contributed by atoms with E-state index in [2.05, 4.69) is 10.6 Å². The van der Waals surface area contributed by atoms with E-state index in [0.29, 0.717) is 29.3 Å². The molecule has 0 aliphatic rings. The quantitative estimate of drug-likeness (QED) is 0.505. The maximum atomic E-state index is 12.4. The molecule has 1 unspecified atom stereocenters. The lowest BCUT2D eigenvalue weighted by Gasteiger charge is -2.18. The van der Waals surface area contributed by atoms with E-state index in [-0.39, 0.29) is 11.4 Å². The molecular formula is C19H24F3N3O2S. The minimum Gasteiger partial charge on any atom is -0.454 e. The summed E-state index contributed by atoms with van der Waals surface area (Å²) in [6.45, 7) is 1.52. The Labute approximate surface area is 165 Å². The third-order valence-electron chi connectivity index (χ3n) is 3.79. The molecule has 0 saturated carbocycles. The number of ether oxygens (including phenoxy) is 1. The van der Waals surface area contributed by atoms with Crippen LogP contribution >= 0.6 is 0 Å². The number of rotatable bonds is 10. The van der Waals surface area contributed by atoms with E-state index < -0.39 is 23.7 Å². The Bertz CT molecular complexity index is 786. The molecule has 154 valence electrons. The van der Waals surface area contributed by atoms with Crippen molar-refractivity contribution in [2.75, 3.05) is 18.4 Å². The van der Waals surface area contributed by atoms with Crippen molar-refractivity contribution in [1.82, 2.24) is 5.32 Å². The van der Waals surface area contributed by atoms with Crippen molar-refractivity contribution >= 4 is 16.7 Å². The summed E-state index contributed by atoms with van der Waals surface area (Å²) in [6, 6.07) is 12.1. The monoisotopic (exact) mass is 415 g/mol. The average molecular weight is 415 g/mol. The van der Waals surface area contributed by atoms with Gasteiger partial charge in [-0.25, -0.2) is 9.35 Å². The highest BCUT2D eigenvalue weighted by molar-refractivity contribution is 7.82. The Balaban J connectivity index is 2.34. The van der Waals surface area contributed by atoms with Crippen LogP contribution in [0.2, 0.25) is 0 Å². The van der Waals surface area contributed by atoms with E-state index in [4.69, 9.17) is 9.88 Å². The van der Waals surface area contributed by atoms with Gasteiger partial charge in [0.1, 0.15) is 16.7 Å². The van der Waals surface area contributed by atoms with Crippen molar-refractivity contribution in [2.45, 2.75) is 37.4 Å². The highest BCUT2D eigenvalue weighted by Gasteiger charge is 2.26. The van der Waals surface area contributed by atoms with E-state index in [1.54, 1.807) is 30.3 Å². The second kappa shape index (κ2) is 10.4. The Morgan fingerprint density at radius 3 is 2.50 bits per heavy atom. The molecule has 0 spiro atoms. The van der Waals surface area contributed by atoms with Crippen molar-refractivity contribution in [1.29, 1.82) is 0 Å². The van der Waals surface area contributed by atoms with Crippen LogP contribution in [0.3, 0.4) is 0 Å². The normalized spacial score (nSPS) is 12.6. The van der Waals surface area contributed by atoms with Gasteiger partial charge in [0, 0.05) is 13.1 Å². The molecule has 0 aliphatic carbocycles. The van der Waals surface area contributed by atoms with Crippen LogP contribution < -0.4 is 20.5 Å². The summed E-state index contributed by atoms with van der Waals surface area (Å²) in [7, 11) is -1.88. The standard InChI is InChI=1S/C19H24F3N3O2S/c1-2-3-9-25-16-10-14(12-24-13-19(20,21)22)11-17(28(23)26)18(16)27-15-7-5-4-6-8-15/h4-8,10-11,24-25H,2-3,9,12-13,23H2,1H3. The van der Waals surface area contributed by atoms with Crippen LogP contribution in [-0.4, -0.2) is 23.5 Å². The Morgan fingerprint density at radius 1 is 1.18 bits per heavy atom. The minimum absolute atomic E-state index is 0.0439. The van der Waals surface area contributed by atoms with Crippen molar-refractivity contribution in [3.63, 3.8) is 0 Å². The van der Waals surface area contributed by atoms with Crippen LogP contribution in [0.4, 0.5) is 18.9 Å². The molecule has 0 fully saturated rings. The summed E-state index contributed by atoms with van der Waals surface area (Å²) in [6.07, 6.45) is -2.45. The van der Waals surface area contributed by atoms with Gasteiger partial charge in [-0.3, -0.25) is 0 Å². The van der Waals surface area contributed by atoms with Gasteiger partial charge < -0.3 is 15.4 Å². The van der Waals surface area contributed by atoms with Crippen LogP contribution in [0.25, 0.3) is 0 Å². The molecular weight excluding hydrogens is 391 g/mol. The topological polar surface area (TPSA) is 76.4 Å². The fraction of sp³-hybridized carbons (Fsp3) is 0.368. The van der Waals surface area contributed by atoms with Gasteiger partial charge in [0.05, 0.1) is 17.1 Å². The first kappa shape index (κ1) is 22.2. The fourth-order valence-electron chi connectivity index (χ4n) is 2.50. The number of halogens is 3. The number of hydrogen-bond acceptors (Lipinski definition) is 4. The third kappa shape index (κ3) is 7.14. The SMILES string of the molecule is CCCCNc1cc(CNCC(F)(F)F)cc(S(N)=O)c1Oc1ccccc1. The van der Waals surface area contributed by atoms with E-state index in [9.17, 15) is 17.4 Å². The zero-order chi connectivity index (χ0) is 20.6. The Kier molecular flexibility index (Phi) is 8.28. The van der Waals surface area contributed by atoms with Crippen LogP contribution in [-0.2, 0) is 17.5 Å². The summed E-state index contributed by atoms with van der Waals surface area (Å²) in [4.78, 5) is 0.217. The lowest BCUT2D eigenvalue weighted by Crippen LogP contribution is -2.28. The van der Waals surface area contributed by atoms with Gasteiger partial charge in [-0.15, -0.1) is 0 Å². The second-order valence-corrected chi connectivity index (χ2v) is 7.22. The van der Waals surface area contributed by atoms with Crippen LogP contribution in [0.5, 0.6) is 11.5 Å². The molecule has 1 atom stereocenters. The lowest BCUT2D eigenvalue weighted by atomic mass is 10.1. The molecule has 0 radical (unpaired) electrons. The number of nitrogens with two attached hydrogens (primary N) is 1. The van der Waals surface area contributed by atoms with E-state index in [1.807, 2.05) is 13.0 Å². The van der Waals surface area contributed by atoms with Crippen molar-refractivity contribution in [3.8, 4) is 11.5 Å². The van der Waals surface area contributed by atoms with Crippen molar-refractivity contribution in [2.24, 2.45) is 5.14 Å². The predicted molar refractivity (Wildman–Crippen MR) is 105 cm³/mol. The molecule has 0 saturated heterocycles. The zero-order valence-electron chi connectivity index (χ0n) is 15.5. The summed E-state index contributed by atoms with van der Waals surface area (Å²) in [5.74, 6) is 0.846. The van der Waals surface area contributed by atoms with E-state index in [1.165, 1.54) is 6.07 Å². The molecule has 9 heteroatoms. The largest absolute Gasteiger partial charge is 0.454 e. The fourth-order valence-corrected chi connectivity index (χ4v) is 3.10. The van der Waals surface area contributed by atoms with Crippen molar-refractivity contribution in [3.05, 3.63) is 48.0 Å². The number of nitrogens with one attached hydrogen (secondary N) is 2. The number of hydrogen-bond donors (Lipinski definition) is 3. The number of alkyl halides is 3. The summed E-state index contributed by atoms with van der Waals surface area (Å²) in [5.41, 5.74) is 1.06. The summed E-state index contributed by atoms with van der Waals surface area (Å²) >= 11 is 0. The van der Waals surface area contributed by atoms with Crippen LogP contribution in [0, 0.1) is 0 Å². The van der Waals surface area contributed by atoms with Crippen molar-refractivity contribution < 1.29 is 22.1 Å². The number of para-hydroxylation sites is 1. The Hall–Kier alpha value is -2.10. The van der Waals surface area contributed by atoms with Crippen LogP contribution in [0.1, 0.15) is 25.3 Å². The molecule has 0 amide bonds. The summed E-state index contributed by atoms with van der Waals surface area (Å²) in [5, 5.41) is 11.2. The van der Waals surface area contributed by atoms with Gasteiger partial charge in [-0.1, -0.05) is 31.5 Å². The minimum atomic E-state index is -4.31. The van der Waals surface area contributed by atoms with Gasteiger partial charge in [-0.2, -0.15) is 13.2 Å². The average Bonchev–Trinajstić information content (AvgIpc) is 2.63. The lowest BCUT2D eigenvalue weighted by molar-refractivity contribution is -0.125. The second-order valence-electron chi connectivity index (χ2n) is 6.18. The van der Waals surface area contributed by atoms with Crippen LogP contribution in [0.15, 0.2) is 47.4 Å². The zero-order valence-corrected chi connectivity index (χ0v) is 16.3. The van der Waals surface area contributed by atoms with Gasteiger partial charge >= 0.3 is 6.18 Å². The molecule has 5 nitrogen and oxygen atoms in total. The molecule has 0 aromatic heterocycles. The smallest absolute Gasteiger partial charge is 0.401 e. The van der Waals surface area contributed by atoms with Gasteiger partial charge in [0.2, 0.25) is 0 Å². The third-order valence-corrected chi connectivity index (χ3v) is 4.53. The number of unbranched alkanes of at least 4 members (excludes halogenated alkanes) is 1. The molecule has 0 heterocycles.